The van der Waals surface area contributed by atoms with E-state index in [0.717, 1.165) is 0 Å². The molecule has 0 aliphatic carbocycles. The number of hydrogen-bond donors (Lipinski definition) is 3. The first-order valence-electron chi connectivity index (χ1n) is 5.24. The predicted molar refractivity (Wildman–Crippen MR) is 66.4 cm³/mol. The van der Waals surface area contributed by atoms with Gasteiger partial charge in [0, 0.05) is 25.6 Å². The normalized spacial score (nSPS) is 11.4. The minimum atomic E-state index is -3.66. The number of hydrogen-bond acceptors (Lipinski definition) is 5. The van der Waals surface area contributed by atoms with Gasteiger partial charge in [-0.25, -0.2) is 23.1 Å². The molecule has 8 heteroatoms. The van der Waals surface area contributed by atoms with Gasteiger partial charge >= 0.3 is 0 Å². The quantitative estimate of drug-likeness (QED) is 0.724. The number of anilines is 1. The zero-order chi connectivity index (χ0) is 13.0. The first-order chi connectivity index (χ1) is 8.63. The number of aromatic nitrogens is 3. The molecule has 0 aliphatic heterocycles. The fourth-order valence-corrected chi connectivity index (χ4v) is 2.54. The van der Waals surface area contributed by atoms with Crippen LogP contribution in [-0.4, -0.2) is 30.4 Å². The molecule has 0 bridgehead atoms. The van der Waals surface area contributed by atoms with Crippen LogP contribution in [0.5, 0.6) is 0 Å². The van der Waals surface area contributed by atoms with Gasteiger partial charge in [0.25, 0.3) is 10.0 Å². The second-order valence-electron chi connectivity index (χ2n) is 3.47. The Labute approximate surface area is 105 Å². The van der Waals surface area contributed by atoms with E-state index in [2.05, 4.69) is 25.0 Å². The van der Waals surface area contributed by atoms with Crippen LogP contribution in [-0.2, 0) is 16.6 Å². The highest BCUT2D eigenvalue weighted by Crippen LogP contribution is 2.16. The summed E-state index contributed by atoms with van der Waals surface area (Å²) in [5.74, 6) is 0.542. The molecule has 2 aromatic heterocycles. The van der Waals surface area contributed by atoms with Crippen molar-refractivity contribution < 1.29 is 8.42 Å². The van der Waals surface area contributed by atoms with Crippen molar-refractivity contribution in [1.82, 2.24) is 19.7 Å². The van der Waals surface area contributed by atoms with E-state index < -0.39 is 10.0 Å². The van der Waals surface area contributed by atoms with Crippen molar-refractivity contribution in [1.29, 1.82) is 0 Å². The summed E-state index contributed by atoms with van der Waals surface area (Å²) < 4.78 is 26.5. The molecule has 2 rings (SSSR count). The zero-order valence-corrected chi connectivity index (χ0v) is 10.5. The predicted octanol–water partition coefficient (Wildman–Crippen LogP) is 0.325. The fraction of sp³-hybridized carbons (Fsp3) is 0.200. The Morgan fingerprint density at radius 2 is 2.17 bits per heavy atom. The average Bonchev–Trinajstić information content (AvgIpc) is 2.89. The van der Waals surface area contributed by atoms with Crippen molar-refractivity contribution in [3.05, 3.63) is 36.5 Å². The Bertz CT molecular complexity index is 609. The average molecular weight is 267 g/mol. The molecule has 0 aliphatic rings. The lowest BCUT2D eigenvalue weighted by Gasteiger charge is -2.08. The van der Waals surface area contributed by atoms with E-state index in [-0.39, 0.29) is 11.6 Å². The lowest BCUT2D eigenvalue weighted by molar-refractivity contribution is 0.576. The number of nitrogens with one attached hydrogen (secondary N) is 3. The number of H-pyrrole nitrogens is 1. The minimum Gasteiger partial charge on any atom is -0.386 e. The maximum absolute atomic E-state index is 12.1. The van der Waals surface area contributed by atoms with E-state index in [1.165, 1.54) is 6.20 Å². The van der Waals surface area contributed by atoms with Gasteiger partial charge in [0.15, 0.2) is 5.03 Å². The van der Waals surface area contributed by atoms with Crippen LogP contribution in [0.3, 0.4) is 0 Å². The number of imidazole rings is 1. The van der Waals surface area contributed by atoms with Gasteiger partial charge in [-0.15, -0.1) is 0 Å². The van der Waals surface area contributed by atoms with Gasteiger partial charge in [0.05, 0.1) is 12.2 Å². The lowest BCUT2D eigenvalue weighted by atomic mass is 10.4. The summed E-state index contributed by atoms with van der Waals surface area (Å²) in [5.41, 5.74) is 0.449. The topological polar surface area (TPSA) is 99.8 Å². The molecule has 96 valence electrons. The highest BCUT2D eigenvalue weighted by molar-refractivity contribution is 7.89. The molecule has 2 heterocycles. The third-order valence-electron chi connectivity index (χ3n) is 2.28. The van der Waals surface area contributed by atoms with Crippen LogP contribution in [0.25, 0.3) is 0 Å². The van der Waals surface area contributed by atoms with Crippen LogP contribution in [0.1, 0.15) is 5.82 Å². The van der Waals surface area contributed by atoms with Crippen LogP contribution < -0.4 is 10.0 Å². The summed E-state index contributed by atoms with van der Waals surface area (Å²) in [6.07, 6.45) is 4.62. The summed E-state index contributed by atoms with van der Waals surface area (Å²) in [4.78, 5) is 10.6. The number of aromatic amines is 1. The van der Waals surface area contributed by atoms with E-state index in [1.807, 2.05) is 0 Å². The maximum Gasteiger partial charge on any atom is 0.260 e. The van der Waals surface area contributed by atoms with Gasteiger partial charge in [-0.2, -0.15) is 0 Å². The van der Waals surface area contributed by atoms with Crippen molar-refractivity contribution in [2.45, 2.75) is 11.6 Å². The van der Waals surface area contributed by atoms with E-state index in [4.69, 9.17) is 0 Å². The monoisotopic (exact) mass is 267 g/mol. The number of sulfonamides is 1. The first kappa shape index (κ1) is 12.5. The van der Waals surface area contributed by atoms with Crippen molar-refractivity contribution in [2.75, 3.05) is 12.4 Å². The minimum absolute atomic E-state index is 0.0287. The molecule has 0 spiro atoms. The van der Waals surface area contributed by atoms with Crippen molar-refractivity contribution in [3.63, 3.8) is 0 Å². The summed E-state index contributed by atoms with van der Waals surface area (Å²) in [6.45, 7) is 0.0923. The van der Waals surface area contributed by atoms with Gasteiger partial charge in [-0.3, -0.25) is 0 Å². The lowest BCUT2D eigenvalue weighted by Crippen LogP contribution is -2.25. The smallest absolute Gasteiger partial charge is 0.260 e. The highest BCUT2D eigenvalue weighted by atomic mass is 32.2. The molecule has 0 radical (unpaired) electrons. The van der Waals surface area contributed by atoms with Crippen molar-refractivity contribution >= 4 is 15.7 Å². The van der Waals surface area contributed by atoms with Crippen molar-refractivity contribution in [3.8, 4) is 0 Å². The molecule has 2 aromatic rings. The summed E-state index contributed by atoms with van der Waals surface area (Å²) in [7, 11) is -2.02. The molecule has 0 fully saturated rings. The van der Waals surface area contributed by atoms with Gasteiger partial charge in [-0.1, -0.05) is 0 Å². The van der Waals surface area contributed by atoms with Crippen LogP contribution in [0, 0.1) is 0 Å². The highest BCUT2D eigenvalue weighted by Gasteiger charge is 2.19. The van der Waals surface area contributed by atoms with E-state index in [0.29, 0.717) is 11.5 Å². The third kappa shape index (κ3) is 2.66. The van der Waals surface area contributed by atoms with Crippen LogP contribution in [0.4, 0.5) is 5.69 Å². The number of nitrogens with zero attached hydrogens (tertiary/aromatic N) is 2. The van der Waals surface area contributed by atoms with Crippen LogP contribution in [0.2, 0.25) is 0 Å². The third-order valence-corrected chi connectivity index (χ3v) is 3.64. The number of pyridine rings is 1. The Balaban J connectivity index is 2.20. The summed E-state index contributed by atoms with van der Waals surface area (Å²) in [5, 5.41) is 2.76. The zero-order valence-electron chi connectivity index (χ0n) is 9.71. The van der Waals surface area contributed by atoms with E-state index in [9.17, 15) is 8.42 Å². The van der Waals surface area contributed by atoms with Crippen LogP contribution in [0.15, 0.2) is 35.7 Å². The second kappa shape index (κ2) is 5.15. The molecular formula is C10H13N5O2S. The summed E-state index contributed by atoms with van der Waals surface area (Å²) in [6, 6.07) is 3.31. The Kier molecular flexibility index (Phi) is 3.58. The number of rotatable bonds is 5. The standard InChI is InChI=1S/C10H13N5O2S/c1-11-8-3-2-4-14-10(8)18(16,17)15-7-9-12-5-6-13-9/h2-6,11,15H,7H2,1H3,(H,12,13). The van der Waals surface area contributed by atoms with Gasteiger partial charge < -0.3 is 10.3 Å². The maximum atomic E-state index is 12.1. The Hall–Kier alpha value is -1.93. The molecule has 3 N–H and O–H groups in total. The molecular weight excluding hydrogens is 254 g/mol. The van der Waals surface area contributed by atoms with Crippen molar-refractivity contribution in [2.24, 2.45) is 0 Å². The SMILES string of the molecule is CNc1cccnc1S(=O)(=O)NCc1ncc[nH]1. The molecule has 0 saturated carbocycles. The molecule has 7 nitrogen and oxygen atoms in total. The second-order valence-corrected chi connectivity index (χ2v) is 5.15. The fourth-order valence-electron chi connectivity index (χ4n) is 1.42. The van der Waals surface area contributed by atoms with Gasteiger partial charge in [-0.05, 0) is 12.1 Å². The molecule has 0 atom stereocenters. The molecule has 0 saturated heterocycles. The van der Waals surface area contributed by atoms with Crippen LogP contribution >= 0.6 is 0 Å². The molecule has 0 amide bonds. The summed E-state index contributed by atoms with van der Waals surface area (Å²) >= 11 is 0. The first-order valence-corrected chi connectivity index (χ1v) is 6.72. The van der Waals surface area contributed by atoms with Gasteiger partial charge in [0.2, 0.25) is 0 Å². The molecule has 0 unspecified atom stereocenters. The van der Waals surface area contributed by atoms with E-state index in [1.54, 1.807) is 31.6 Å². The van der Waals surface area contributed by atoms with Gasteiger partial charge in [0.1, 0.15) is 5.82 Å². The molecule has 18 heavy (non-hydrogen) atoms. The largest absolute Gasteiger partial charge is 0.386 e. The molecule has 0 aromatic carbocycles. The Morgan fingerprint density at radius 3 is 2.83 bits per heavy atom. The Morgan fingerprint density at radius 1 is 1.33 bits per heavy atom. The van der Waals surface area contributed by atoms with E-state index >= 15 is 0 Å².